The van der Waals surface area contributed by atoms with E-state index in [1.165, 1.54) is 0 Å². The molecule has 5 nitrogen and oxygen atoms in total. The Morgan fingerprint density at radius 1 is 0.895 bits per heavy atom. The molecule has 1 aromatic rings. The van der Waals surface area contributed by atoms with Crippen LogP contribution in [0.2, 0.25) is 0 Å². The quantitative estimate of drug-likeness (QED) is 0.322. The van der Waals surface area contributed by atoms with Crippen LogP contribution in [0, 0.1) is 0 Å². The van der Waals surface area contributed by atoms with Crippen molar-refractivity contribution in [1.82, 2.24) is 0 Å². The Balaban J connectivity index is 2.06. The van der Waals surface area contributed by atoms with Crippen molar-refractivity contribution in [3.63, 3.8) is 0 Å². The molecule has 0 aliphatic carbocycles. The van der Waals surface area contributed by atoms with Gasteiger partial charge in [0.05, 0.1) is 6.61 Å². The van der Waals surface area contributed by atoms with Gasteiger partial charge in [-0.05, 0) is 36.9 Å². The molecule has 0 heterocycles. The second kappa shape index (κ2) is 9.80. The highest BCUT2D eigenvalue weighted by Crippen LogP contribution is 2.09. The minimum atomic E-state index is -1.44. The summed E-state index contributed by atoms with van der Waals surface area (Å²) in [6.07, 6.45) is 4.02. The number of benzene rings is 1. The molecule has 3 N–H and O–H groups in total. The molecule has 0 aliphatic heterocycles. The molecule has 6 heteroatoms. The number of hydrogen-bond donors (Lipinski definition) is 3. The van der Waals surface area contributed by atoms with Gasteiger partial charge in [0.25, 0.3) is 0 Å². The summed E-state index contributed by atoms with van der Waals surface area (Å²) in [6.45, 7) is 1.03. The van der Waals surface area contributed by atoms with E-state index >= 15 is 0 Å². The fraction of sp³-hybridized carbons (Fsp3) is 0.538. The van der Waals surface area contributed by atoms with Crippen LogP contribution in [0.5, 0.6) is 5.75 Å². The Morgan fingerprint density at radius 3 is 2.11 bits per heavy atom. The Bertz CT molecular complexity index is 328. The van der Waals surface area contributed by atoms with Crippen LogP contribution in [0.4, 0.5) is 0 Å². The molecule has 0 aliphatic rings. The van der Waals surface area contributed by atoms with E-state index in [0.29, 0.717) is 18.7 Å². The van der Waals surface area contributed by atoms with E-state index < -0.39 is 7.12 Å². The molecule has 0 saturated carbocycles. The van der Waals surface area contributed by atoms with Gasteiger partial charge in [-0.2, -0.15) is 0 Å². The van der Waals surface area contributed by atoms with Crippen LogP contribution in [0.25, 0.3) is 0 Å². The zero-order chi connectivity index (χ0) is 13.9. The Morgan fingerprint density at radius 2 is 1.53 bits per heavy atom. The van der Waals surface area contributed by atoms with Crippen LogP contribution in [-0.2, 0) is 4.74 Å². The van der Waals surface area contributed by atoms with Crippen molar-refractivity contribution in [2.45, 2.75) is 25.7 Å². The molecule has 0 amide bonds. The molecule has 1 aromatic carbocycles. The monoisotopic (exact) mass is 268 g/mol. The van der Waals surface area contributed by atoms with Crippen molar-refractivity contribution in [2.75, 3.05) is 20.0 Å². The van der Waals surface area contributed by atoms with E-state index in [4.69, 9.17) is 24.6 Å². The third-order valence-corrected chi connectivity index (χ3v) is 2.72. The Labute approximate surface area is 113 Å². The maximum absolute atomic E-state index is 8.94. The standard InChI is InChI=1S/C13H21BO5/c15-11-18-9-3-1-2-4-10-19-13-7-5-12(6-8-13)14(16)17/h5-8,15-17H,1-4,9-11H2. The van der Waals surface area contributed by atoms with Crippen LogP contribution in [-0.4, -0.2) is 42.3 Å². The van der Waals surface area contributed by atoms with Crippen LogP contribution in [0.3, 0.4) is 0 Å². The van der Waals surface area contributed by atoms with Crippen molar-refractivity contribution >= 4 is 12.6 Å². The number of hydrogen-bond acceptors (Lipinski definition) is 5. The lowest BCUT2D eigenvalue weighted by Gasteiger charge is -2.07. The Kier molecular flexibility index (Phi) is 8.25. The van der Waals surface area contributed by atoms with Crippen molar-refractivity contribution < 1.29 is 24.6 Å². The molecule has 0 unspecified atom stereocenters. The summed E-state index contributed by atoms with van der Waals surface area (Å²) in [5, 5.41) is 26.3. The number of rotatable bonds is 10. The number of aliphatic hydroxyl groups is 1. The molecule has 0 bridgehead atoms. The average molecular weight is 268 g/mol. The first kappa shape index (κ1) is 16.0. The van der Waals surface area contributed by atoms with E-state index in [2.05, 4.69) is 0 Å². The molecule has 0 spiro atoms. The Hall–Kier alpha value is -1.08. The van der Waals surface area contributed by atoms with Gasteiger partial charge in [0.1, 0.15) is 12.5 Å². The number of ether oxygens (including phenoxy) is 2. The second-order valence-electron chi connectivity index (χ2n) is 4.24. The number of unbranched alkanes of at least 4 members (excludes halogenated alkanes) is 3. The lowest BCUT2D eigenvalue weighted by molar-refractivity contribution is -0.00288. The van der Waals surface area contributed by atoms with Gasteiger partial charge in [-0.1, -0.05) is 18.6 Å². The number of aliphatic hydroxyl groups excluding tert-OH is 1. The van der Waals surface area contributed by atoms with Gasteiger partial charge in [0.15, 0.2) is 0 Å². The normalized spacial score (nSPS) is 10.5. The van der Waals surface area contributed by atoms with Crippen molar-refractivity contribution in [3.8, 4) is 5.75 Å². The highest BCUT2D eigenvalue weighted by Gasteiger charge is 2.09. The molecule has 0 atom stereocenters. The summed E-state index contributed by atoms with van der Waals surface area (Å²) in [4.78, 5) is 0. The first-order chi connectivity index (χ1) is 9.24. The minimum Gasteiger partial charge on any atom is -0.494 e. The summed E-state index contributed by atoms with van der Waals surface area (Å²) in [6, 6.07) is 6.71. The lowest BCUT2D eigenvalue weighted by atomic mass is 9.80. The SMILES string of the molecule is OCOCCCCCCOc1ccc(B(O)O)cc1. The van der Waals surface area contributed by atoms with E-state index in [9.17, 15) is 0 Å². The topological polar surface area (TPSA) is 79.2 Å². The summed E-state index contributed by atoms with van der Waals surface area (Å²) in [5.74, 6) is 0.730. The molecule has 0 aromatic heterocycles. The van der Waals surface area contributed by atoms with E-state index in [1.807, 2.05) is 0 Å². The second-order valence-corrected chi connectivity index (χ2v) is 4.24. The molecule has 19 heavy (non-hydrogen) atoms. The molecular formula is C13H21BO5. The summed E-state index contributed by atoms with van der Waals surface area (Å²) in [7, 11) is -1.44. The first-order valence-corrected chi connectivity index (χ1v) is 6.51. The van der Waals surface area contributed by atoms with Crippen LogP contribution < -0.4 is 10.2 Å². The maximum atomic E-state index is 8.94. The van der Waals surface area contributed by atoms with Gasteiger partial charge in [0.2, 0.25) is 0 Å². The molecule has 0 fully saturated rings. The van der Waals surface area contributed by atoms with Crippen LogP contribution >= 0.6 is 0 Å². The fourth-order valence-electron chi connectivity index (χ4n) is 1.65. The smallest absolute Gasteiger partial charge is 0.488 e. The van der Waals surface area contributed by atoms with Crippen LogP contribution in [0.15, 0.2) is 24.3 Å². The van der Waals surface area contributed by atoms with Gasteiger partial charge in [0, 0.05) is 6.61 Å². The maximum Gasteiger partial charge on any atom is 0.488 e. The van der Waals surface area contributed by atoms with Crippen LogP contribution in [0.1, 0.15) is 25.7 Å². The predicted octanol–water partition coefficient (Wildman–Crippen LogP) is 0.272. The molecule has 0 radical (unpaired) electrons. The van der Waals surface area contributed by atoms with E-state index in [1.54, 1.807) is 24.3 Å². The van der Waals surface area contributed by atoms with E-state index in [0.717, 1.165) is 31.4 Å². The lowest BCUT2D eigenvalue weighted by Crippen LogP contribution is -2.29. The molecular weight excluding hydrogens is 247 g/mol. The third-order valence-electron chi connectivity index (χ3n) is 2.72. The van der Waals surface area contributed by atoms with Gasteiger partial charge >= 0.3 is 7.12 Å². The highest BCUT2D eigenvalue weighted by molar-refractivity contribution is 6.58. The van der Waals surface area contributed by atoms with Gasteiger partial charge in [-0.25, -0.2) is 0 Å². The summed E-state index contributed by atoms with van der Waals surface area (Å²) in [5.41, 5.74) is 0.455. The summed E-state index contributed by atoms with van der Waals surface area (Å²) < 4.78 is 10.4. The minimum absolute atomic E-state index is 0.207. The van der Waals surface area contributed by atoms with Crippen molar-refractivity contribution in [2.24, 2.45) is 0 Å². The largest absolute Gasteiger partial charge is 0.494 e. The van der Waals surface area contributed by atoms with Crippen molar-refractivity contribution in [1.29, 1.82) is 0 Å². The molecule has 1 rings (SSSR count). The highest BCUT2D eigenvalue weighted by atomic mass is 16.6. The third kappa shape index (κ3) is 7.17. The van der Waals surface area contributed by atoms with E-state index in [-0.39, 0.29) is 6.79 Å². The average Bonchev–Trinajstić information content (AvgIpc) is 2.42. The summed E-state index contributed by atoms with van der Waals surface area (Å²) >= 11 is 0. The van der Waals surface area contributed by atoms with Gasteiger partial charge in [-0.15, -0.1) is 0 Å². The zero-order valence-electron chi connectivity index (χ0n) is 11.0. The van der Waals surface area contributed by atoms with Gasteiger partial charge < -0.3 is 24.6 Å². The molecule has 0 saturated heterocycles. The fourth-order valence-corrected chi connectivity index (χ4v) is 1.65. The van der Waals surface area contributed by atoms with Crippen molar-refractivity contribution in [3.05, 3.63) is 24.3 Å². The first-order valence-electron chi connectivity index (χ1n) is 6.51. The van der Waals surface area contributed by atoms with Gasteiger partial charge in [-0.3, -0.25) is 0 Å². The molecule has 106 valence electrons. The predicted molar refractivity (Wildman–Crippen MR) is 73.3 cm³/mol. The zero-order valence-corrected chi connectivity index (χ0v) is 11.0.